The summed E-state index contributed by atoms with van der Waals surface area (Å²) in [6, 6.07) is 8.82. The van der Waals surface area contributed by atoms with Crippen LogP contribution in [-0.2, 0) is 0 Å². The molecule has 0 atom stereocenters. The summed E-state index contributed by atoms with van der Waals surface area (Å²) in [5.74, 6) is 0.114. The molecule has 144 valence electrons. The molecule has 0 bridgehead atoms. The maximum Gasteiger partial charge on any atom is 0.257 e. The van der Waals surface area contributed by atoms with Crippen LogP contribution < -0.4 is 10.1 Å². The third kappa shape index (κ3) is 5.81. The lowest BCUT2D eigenvalue weighted by atomic mass is 10.1. The molecule has 1 aromatic heterocycles. The first-order valence-corrected chi connectivity index (χ1v) is 9.20. The predicted molar refractivity (Wildman–Crippen MR) is 106 cm³/mol. The zero-order valence-electron chi connectivity index (χ0n) is 16.4. The Labute approximate surface area is 160 Å². The van der Waals surface area contributed by atoms with Crippen LogP contribution in [0.2, 0.25) is 0 Å². The number of pyridine rings is 1. The number of benzene rings is 1. The van der Waals surface area contributed by atoms with Crippen molar-refractivity contribution in [1.82, 2.24) is 9.88 Å². The maximum atomic E-state index is 12.6. The molecular weight excluding hydrogens is 342 g/mol. The Morgan fingerprint density at radius 1 is 1.19 bits per heavy atom. The van der Waals surface area contributed by atoms with Gasteiger partial charge in [-0.1, -0.05) is 25.5 Å². The Bertz CT molecular complexity index is 790. The maximum absolute atomic E-state index is 12.6. The van der Waals surface area contributed by atoms with E-state index in [9.17, 15) is 9.59 Å². The van der Waals surface area contributed by atoms with E-state index in [1.807, 2.05) is 26.0 Å². The van der Waals surface area contributed by atoms with Crippen LogP contribution in [0, 0.1) is 0 Å². The molecule has 0 aliphatic heterocycles. The van der Waals surface area contributed by atoms with E-state index in [2.05, 4.69) is 17.2 Å². The molecular formula is C21H27N3O3. The molecule has 0 spiro atoms. The number of para-hydroxylation sites is 2. The van der Waals surface area contributed by atoms with Gasteiger partial charge in [-0.3, -0.25) is 14.6 Å². The van der Waals surface area contributed by atoms with Crippen LogP contribution in [0.1, 0.15) is 54.3 Å². The first-order chi connectivity index (χ1) is 12.9. The number of carbonyl (C=O) groups is 2. The number of anilines is 1. The van der Waals surface area contributed by atoms with Crippen molar-refractivity contribution in [1.29, 1.82) is 0 Å². The SMILES string of the molecule is CCCCN(C)C(=O)c1cncc(C(=O)Nc2ccccc2OC(C)C)c1. The van der Waals surface area contributed by atoms with Crippen LogP contribution in [0.25, 0.3) is 0 Å². The quantitative estimate of drug-likeness (QED) is 0.764. The van der Waals surface area contributed by atoms with Gasteiger partial charge in [0.2, 0.25) is 0 Å². The van der Waals surface area contributed by atoms with Gasteiger partial charge >= 0.3 is 0 Å². The smallest absolute Gasteiger partial charge is 0.257 e. The van der Waals surface area contributed by atoms with Gasteiger partial charge in [0, 0.05) is 26.0 Å². The van der Waals surface area contributed by atoms with Gasteiger partial charge in [-0.05, 0) is 38.5 Å². The van der Waals surface area contributed by atoms with Crippen molar-refractivity contribution in [3.8, 4) is 5.75 Å². The zero-order valence-corrected chi connectivity index (χ0v) is 16.4. The second kappa shape index (κ2) is 9.71. The van der Waals surface area contributed by atoms with Gasteiger partial charge in [0.15, 0.2) is 0 Å². The lowest BCUT2D eigenvalue weighted by Crippen LogP contribution is -2.28. The summed E-state index contributed by atoms with van der Waals surface area (Å²) in [5.41, 5.74) is 1.30. The molecule has 0 aliphatic carbocycles. The number of hydrogen-bond donors (Lipinski definition) is 1. The topological polar surface area (TPSA) is 71.5 Å². The van der Waals surface area contributed by atoms with Crippen molar-refractivity contribution in [2.75, 3.05) is 18.9 Å². The first-order valence-electron chi connectivity index (χ1n) is 9.20. The summed E-state index contributed by atoms with van der Waals surface area (Å²) in [6.45, 7) is 6.59. The van der Waals surface area contributed by atoms with Gasteiger partial charge in [0.1, 0.15) is 5.75 Å². The number of aromatic nitrogens is 1. The average molecular weight is 369 g/mol. The van der Waals surface area contributed by atoms with Gasteiger partial charge in [0.25, 0.3) is 11.8 Å². The summed E-state index contributed by atoms with van der Waals surface area (Å²) in [7, 11) is 1.75. The standard InChI is InChI=1S/C21H27N3O3/c1-5-6-11-24(4)21(26)17-12-16(13-22-14-17)20(25)23-18-9-7-8-10-19(18)27-15(2)3/h7-10,12-15H,5-6,11H2,1-4H3,(H,23,25). The van der Waals surface area contributed by atoms with Gasteiger partial charge < -0.3 is 15.0 Å². The van der Waals surface area contributed by atoms with Crippen LogP contribution in [0.4, 0.5) is 5.69 Å². The number of amides is 2. The highest BCUT2D eigenvalue weighted by atomic mass is 16.5. The normalized spacial score (nSPS) is 10.6. The summed E-state index contributed by atoms with van der Waals surface area (Å²) in [4.78, 5) is 30.8. The highest BCUT2D eigenvalue weighted by molar-refractivity contribution is 6.06. The van der Waals surface area contributed by atoms with Crippen molar-refractivity contribution < 1.29 is 14.3 Å². The summed E-state index contributed by atoms with van der Waals surface area (Å²) in [6.07, 6.45) is 4.87. The molecule has 1 N–H and O–H groups in total. The van der Waals surface area contributed by atoms with E-state index in [-0.39, 0.29) is 17.9 Å². The third-order valence-electron chi connectivity index (χ3n) is 3.94. The van der Waals surface area contributed by atoms with Crippen molar-refractivity contribution in [2.24, 2.45) is 0 Å². The number of carbonyl (C=O) groups excluding carboxylic acids is 2. The van der Waals surface area contributed by atoms with E-state index < -0.39 is 0 Å². The third-order valence-corrected chi connectivity index (χ3v) is 3.94. The van der Waals surface area contributed by atoms with E-state index in [4.69, 9.17) is 4.74 Å². The Morgan fingerprint density at radius 3 is 2.59 bits per heavy atom. The molecule has 2 rings (SSSR count). The summed E-state index contributed by atoms with van der Waals surface area (Å²) >= 11 is 0. The van der Waals surface area contributed by atoms with Gasteiger partial charge in [-0.15, -0.1) is 0 Å². The van der Waals surface area contributed by atoms with E-state index >= 15 is 0 Å². The molecule has 0 saturated heterocycles. The molecule has 0 aliphatic rings. The minimum Gasteiger partial charge on any atom is -0.489 e. The van der Waals surface area contributed by atoms with Crippen molar-refractivity contribution in [2.45, 2.75) is 39.7 Å². The second-order valence-electron chi connectivity index (χ2n) is 6.66. The van der Waals surface area contributed by atoms with Crippen LogP contribution >= 0.6 is 0 Å². The lowest BCUT2D eigenvalue weighted by Gasteiger charge is -2.17. The van der Waals surface area contributed by atoms with Crippen LogP contribution in [-0.4, -0.2) is 41.4 Å². The molecule has 1 heterocycles. The highest BCUT2D eigenvalue weighted by Crippen LogP contribution is 2.25. The number of hydrogen-bond acceptors (Lipinski definition) is 4. The Hall–Kier alpha value is -2.89. The molecule has 2 amide bonds. The largest absolute Gasteiger partial charge is 0.489 e. The number of nitrogens with zero attached hydrogens (tertiary/aromatic N) is 2. The Morgan fingerprint density at radius 2 is 1.89 bits per heavy atom. The highest BCUT2D eigenvalue weighted by Gasteiger charge is 2.16. The van der Waals surface area contributed by atoms with Crippen molar-refractivity contribution >= 4 is 17.5 Å². The van der Waals surface area contributed by atoms with E-state index in [1.54, 1.807) is 30.1 Å². The molecule has 0 radical (unpaired) electrons. The Balaban J connectivity index is 2.15. The Kier molecular flexibility index (Phi) is 7.34. The average Bonchev–Trinajstić information content (AvgIpc) is 2.66. The number of nitrogens with one attached hydrogen (secondary N) is 1. The number of rotatable bonds is 8. The van der Waals surface area contributed by atoms with E-state index in [0.717, 1.165) is 12.8 Å². The predicted octanol–water partition coefficient (Wildman–Crippen LogP) is 3.99. The number of unbranched alkanes of at least 4 members (excludes halogenated alkanes) is 1. The molecule has 1 aromatic carbocycles. The van der Waals surface area contributed by atoms with E-state index in [1.165, 1.54) is 12.4 Å². The minimum atomic E-state index is -0.340. The van der Waals surface area contributed by atoms with Crippen LogP contribution in [0.5, 0.6) is 5.75 Å². The van der Waals surface area contributed by atoms with E-state index in [0.29, 0.717) is 29.1 Å². The number of ether oxygens (including phenoxy) is 1. The van der Waals surface area contributed by atoms with Gasteiger partial charge in [0.05, 0.1) is 22.9 Å². The molecule has 0 saturated carbocycles. The lowest BCUT2D eigenvalue weighted by molar-refractivity contribution is 0.0793. The fourth-order valence-electron chi connectivity index (χ4n) is 2.52. The van der Waals surface area contributed by atoms with Crippen LogP contribution in [0.3, 0.4) is 0 Å². The summed E-state index contributed by atoms with van der Waals surface area (Å²) < 4.78 is 5.72. The molecule has 6 heteroatoms. The fraction of sp³-hybridized carbons (Fsp3) is 0.381. The molecule has 2 aromatic rings. The van der Waals surface area contributed by atoms with Gasteiger partial charge in [-0.2, -0.15) is 0 Å². The van der Waals surface area contributed by atoms with Gasteiger partial charge in [-0.25, -0.2) is 0 Å². The molecule has 27 heavy (non-hydrogen) atoms. The zero-order chi connectivity index (χ0) is 19.8. The minimum absolute atomic E-state index is 0.00988. The monoisotopic (exact) mass is 369 g/mol. The fourth-order valence-corrected chi connectivity index (χ4v) is 2.52. The molecule has 6 nitrogen and oxygen atoms in total. The summed E-state index contributed by atoms with van der Waals surface area (Å²) in [5, 5.41) is 2.83. The van der Waals surface area contributed by atoms with Crippen molar-refractivity contribution in [3.63, 3.8) is 0 Å². The van der Waals surface area contributed by atoms with Crippen LogP contribution in [0.15, 0.2) is 42.7 Å². The first kappa shape index (κ1) is 20.4. The molecule has 0 unspecified atom stereocenters. The molecule has 0 fully saturated rings. The van der Waals surface area contributed by atoms with Crippen molar-refractivity contribution in [3.05, 3.63) is 53.9 Å². The second-order valence-corrected chi connectivity index (χ2v) is 6.66.